The van der Waals surface area contributed by atoms with Crippen LogP contribution in [0.15, 0.2) is 72.0 Å². The van der Waals surface area contributed by atoms with E-state index in [9.17, 15) is 14.0 Å². The van der Waals surface area contributed by atoms with Gasteiger partial charge in [0.25, 0.3) is 0 Å². The van der Waals surface area contributed by atoms with E-state index in [0.717, 1.165) is 29.8 Å². The highest BCUT2D eigenvalue weighted by molar-refractivity contribution is 5.99. The quantitative estimate of drug-likeness (QED) is 0.153. The third kappa shape index (κ3) is 5.62. The monoisotopic (exact) mass is 596 g/mol. The number of aromatic nitrogens is 4. The van der Waals surface area contributed by atoms with Crippen LogP contribution in [0.3, 0.4) is 0 Å². The van der Waals surface area contributed by atoms with E-state index in [0.29, 0.717) is 12.1 Å². The molecular formula is C33H27F3N6O2. The van der Waals surface area contributed by atoms with Gasteiger partial charge in [-0.3, -0.25) is 18.8 Å². The van der Waals surface area contributed by atoms with Crippen molar-refractivity contribution in [2.45, 2.75) is 39.8 Å². The molecule has 0 atom stereocenters. The van der Waals surface area contributed by atoms with Gasteiger partial charge in [-0.25, -0.2) is 18.2 Å². The zero-order chi connectivity index (χ0) is 31.7. The van der Waals surface area contributed by atoms with Gasteiger partial charge in [0, 0.05) is 47.6 Å². The van der Waals surface area contributed by atoms with Crippen molar-refractivity contribution in [3.63, 3.8) is 0 Å². The first-order valence-corrected chi connectivity index (χ1v) is 13.7. The molecule has 0 aliphatic rings. The number of benzene rings is 2. The minimum atomic E-state index is -0.876. The summed E-state index contributed by atoms with van der Waals surface area (Å²) in [7, 11) is 0. The second-order valence-corrected chi connectivity index (χ2v) is 10.5. The molecule has 0 amide bonds. The van der Waals surface area contributed by atoms with E-state index >= 15 is 8.78 Å². The first-order valence-electron chi connectivity index (χ1n) is 13.7. The second-order valence-electron chi connectivity index (χ2n) is 10.5. The topological polar surface area (TPSA) is 100 Å². The first-order chi connectivity index (χ1) is 21.0. The summed E-state index contributed by atoms with van der Waals surface area (Å²) in [4.78, 5) is 34.7. The summed E-state index contributed by atoms with van der Waals surface area (Å²) >= 11 is 0. The lowest BCUT2D eigenvalue weighted by molar-refractivity contribution is 0.0990. The van der Waals surface area contributed by atoms with Crippen LogP contribution in [-0.4, -0.2) is 25.1 Å². The number of pyridine rings is 2. The molecule has 11 heteroatoms. The maximum atomic E-state index is 15.5. The molecule has 0 bridgehead atoms. The fourth-order valence-electron chi connectivity index (χ4n) is 4.94. The average molecular weight is 597 g/mol. The van der Waals surface area contributed by atoms with E-state index in [2.05, 4.69) is 14.9 Å². The molecule has 0 unspecified atom stereocenters. The van der Waals surface area contributed by atoms with Gasteiger partial charge in [-0.2, -0.15) is 5.10 Å². The van der Waals surface area contributed by atoms with Gasteiger partial charge in [0.1, 0.15) is 28.8 Å². The van der Waals surface area contributed by atoms with E-state index in [-0.39, 0.29) is 51.1 Å². The maximum Gasteiger partial charge on any atom is 0.241 e. The fourth-order valence-corrected chi connectivity index (χ4v) is 4.94. The third-order valence-electron chi connectivity index (χ3n) is 7.29. The lowest BCUT2D eigenvalue weighted by Crippen LogP contribution is -2.22. The Balaban J connectivity index is 1.54. The number of halogens is 3. The van der Waals surface area contributed by atoms with E-state index in [1.165, 1.54) is 29.1 Å². The van der Waals surface area contributed by atoms with E-state index in [1.54, 1.807) is 37.0 Å². The summed E-state index contributed by atoms with van der Waals surface area (Å²) in [5.74, 6) is -3.05. The number of hydrogen-bond acceptors (Lipinski definition) is 5. The highest BCUT2D eigenvalue weighted by atomic mass is 19.1. The third-order valence-corrected chi connectivity index (χ3v) is 7.29. The number of nitrogens with two attached hydrogens (primary N) is 1. The van der Waals surface area contributed by atoms with Gasteiger partial charge in [0.05, 0.1) is 24.0 Å². The SMILES string of the molecule is [C-]#[N+]c1c(-c2ccc(F)cc2)c(=O)c(C(=O)Cc2cc(F)c(-c3cc(-c4cnn(CC)c4)cnc3N)cc2F)cn1C(C)C. The molecule has 2 N–H and O–H groups in total. The molecule has 0 saturated carbocycles. The Morgan fingerprint density at radius 3 is 2.34 bits per heavy atom. The number of nitrogens with zero attached hydrogens (tertiary/aromatic N) is 5. The van der Waals surface area contributed by atoms with E-state index < -0.39 is 35.1 Å². The van der Waals surface area contributed by atoms with Crippen molar-refractivity contribution >= 4 is 17.4 Å². The standard InChI is InChI=1S/C33H27F3N6O2/c1-5-41-16-22(15-40-41)21-10-25(32(37)39-14-21)24-13-27(35)20(11-28(24)36)12-29(43)26-17-42(18(2)3)33(38-4)30(31(26)44)19-6-8-23(34)9-7-19/h6-11,13-18H,5,12H2,1-3H3,(H2,37,39). The van der Waals surface area contributed by atoms with Crippen LogP contribution in [0.4, 0.5) is 24.8 Å². The van der Waals surface area contributed by atoms with Crippen molar-refractivity contribution in [2.75, 3.05) is 5.73 Å². The number of hydrogen-bond donors (Lipinski definition) is 1. The number of anilines is 1. The zero-order valence-corrected chi connectivity index (χ0v) is 24.1. The lowest BCUT2D eigenvalue weighted by atomic mass is 9.96. The van der Waals surface area contributed by atoms with Crippen molar-refractivity contribution in [1.29, 1.82) is 0 Å². The molecule has 5 aromatic rings. The van der Waals surface area contributed by atoms with Crippen LogP contribution in [0.25, 0.3) is 38.2 Å². The van der Waals surface area contributed by atoms with Crippen molar-refractivity contribution in [3.05, 3.63) is 117 Å². The van der Waals surface area contributed by atoms with Crippen LogP contribution in [0, 0.1) is 24.0 Å². The molecular weight excluding hydrogens is 569 g/mol. The predicted molar refractivity (Wildman–Crippen MR) is 162 cm³/mol. The molecule has 0 fully saturated rings. The number of carbonyl (C=O) groups excluding carboxylic acids is 1. The van der Waals surface area contributed by atoms with E-state index in [4.69, 9.17) is 12.3 Å². The molecule has 5 rings (SSSR count). The Labute approximate surface area is 251 Å². The number of Topliss-reactive ketones (excluding diaryl/α,β-unsaturated/α-hetero) is 1. The smallest absolute Gasteiger partial charge is 0.241 e. The van der Waals surface area contributed by atoms with Crippen molar-refractivity contribution in [3.8, 4) is 33.4 Å². The molecule has 3 heterocycles. The molecule has 3 aromatic heterocycles. The molecule has 0 spiro atoms. The Morgan fingerprint density at radius 1 is 0.977 bits per heavy atom. The minimum Gasteiger partial charge on any atom is -0.383 e. The summed E-state index contributed by atoms with van der Waals surface area (Å²) in [6.45, 7) is 13.8. The predicted octanol–water partition coefficient (Wildman–Crippen LogP) is 7.02. The number of nitrogen functional groups attached to an aromatic ring is 1. The van der Waals surface area contributed by atoms with Crippen LogP contribution < -0.4 is 11.2 Å². The maximum absolute atomic E-state index is 15.5. The van der Waals surface area contributed by atoms with Gasteiger partial charge < -0.3 is 10.6 Å². The summed E-state index contributed by atoms with van der Waals surface area (Å²) in [5.41, 5.74) is 6.24. The Morgan fingerprint density at radius 2 is 1.70 bits per heavy atom. The van der Waals surface area contributed by atoms with Crippen molar-refractivity contribution in [2.24, 2.45) is 0 Å². The average Bonchev–Trinajstić information content (AvgIpc) is 3.49. The molecule has 44 heavy (non-hydrogen) atoms. The number of aryl methyl sites for hydroxylation is 1. The molecule has 2 aromatic carbocycles. The van der Waals surface area contributed by atoms with Gasteiger partial charge in [-0.1, -0.05) is 18.7 Å². The summed E-state index contributed by atoms with van der Waals surface area (Å²) in [6.07, 6.45) is 5.58. The van der Waals surface area contributed by atoms with Crippen molar-refractivity contribution in [1.82, 2.24) is 19.3 Å². The highest BCUT2D eigenvalue weighted by Crippen LogP contribution is 2.34. The summed E-state index contributed by atoms with van der Waals surface area (Å²) < 4.78 is 47.7. The summed E-state index contributed by atoms with van der Waals surface area (Å²) in [6, 6.07) is 8.09. The highest BCUT2D eigenvalue weighted by Gasteiger charge is 2.25. The Hall–Kier alpha value is -5.50. The molecule has 0 radical (unpaired) electrons. The number of ketones is 1. The molecule has 222 valence electrons. The first kappa shape index (κ1) is 30.0. The number of carbonyl (C=O) groups is 1. The van der Waals surface area contributed by atoms with Gasteiger partial charge in [-0.05, 0) is 62.2 Å². The van der Waals surface area contributed by atoms with Gasteiger partial charge in [0.15, 0.2) is 11.2 Å². The van der Waals surface area contributed by atoms with Crippen LogP contribution in [-0.2, 0) is 13.0 Å². The van der Waals surface area contributed by atoms with Crippen molar-refractivity contribution < 1.29 is 18.0 Å². The van der Waals surface area contributed by atoms with Gasteiger partial charge in [0.2, 0.25) is 5.82 Å². The minimum absolute atomic E-state index is 0.0128. The molecule has 8 nitrogen and oxygen atoms in total. The van der Waals surface area contributed by atoms with Crippen LogP contribution in [0.1, 0.15) is 42.7 Å². The normalized spacial score (nSPS) is 11.1. The number of rotatable bonds is 8. The Kier molecular flexibility index (Phi) is 8.18. The lowest BCUT2D eigenvalue weighted by Gasteiger charge is -2.16. The summed E-state index contributed by atoms with van der Waals surface area (Å²) in [5, 5.41) is 4.23. The van der Waals surface area contributed by atoms with Gasteiger partial charge in [-0.15, -0.1) is 0 Å². The zero-order valence-electron chi connectivity index (χ0n) is 24.1. The molecule has 0 saturated heterocycles. The molecule has 0 aliphatic heterocycles. The Bertz CT molecular complexity index is 2010. The fraction of sp³-hybridized carbons (Fsp3) is 0.182. The van der Waals surface area contributed by atoms with Crippen LogP contribution in [0.5, 0.6) is 0 Å². The van der Waals surface area contributed by atoms with Crippen LogP contribution >= 0.6 is 0 Å². The van der Waals surface area contributed by atoms with E-state index in [1.807, 2.05) is 6.92 Å². The van der Waals surface area contributed by atoms with Crippen LogP contribution in [0.2, 0.25) is 0 Å². The van der Waals surface area contributed by atoms with Gasteiger partial charge >= 0.3 is 0 Å². The largest absolute Gasteiger partial charge is 0.383 e. The molecule has 0 aliphatic carbocycles. The second kappa shape index (κ2) is 12.0.